The minimum absolute atomic E-state index is 0.00312. The molecule has 3 aliphatic rings. The molecule has 0 aromatic carbocycles. The topological polar surface area (TPSA) is 38.8 Å². The first-order chi connectivity index (χ1) is 10.9. The monoisotopic (exact) mass is 316 g/mol. The summed E-state index contributed by atoms with van der Waals surface area (Å²) in [7, 11) is 0. The van der Waals surface area contributed by atoms with E-state index in [-0.39, 0.29) is 23.4 Å². The summed E-state index contributed by atoms with van der Waals surface area (Å²) in [6.45, 7) is 11.1. The fourth-order valence-corrected chi connectivity index (χ4v) is 3.81. The van der Waals surface area contributed by atoms with Gasteiger partial charge in [0.25, 0.3) is 0 Å². The van der Waals surface area contributed by atoms with Gasteiger partial charge in [-0.25, -0.2) is 0 Å². The summed E-state index contributed by atoms with van der Waals surface area (Å²) in [6.07, 6.45) is 9.65. The van der Waals surface area contributed by atoms with Crippen LogP contribution in [0, 0.1) is 11.8 Å². The van der Waals surface area contributed by atoms with Gasteiger partial charge in [0.15, 0.2) is 0 Å². The average Bonchev–Trinajstić information content (AvgIpc) is 3.08. The molecule has 3 nitrogen and oxygen atoms in total. The van der Waals surface area contributed by atoms with Crippen LogP contribution in [0.4, 0.5) is 0 Å². The van der Waals surface area contributed by atoms with Gasteiger partial charge < -0.3 is 9.47 Å². The van der Waals surface area contributed by atoms with Crippen molar-refractivity contribution in [3.05, 3.63) is 35.5 Å². The van der Waals surface area contributed by atoms with Gasteiger partial charge in [0.05, 0.1) is 17.6 Å². The van der Waals surface area contributed by atoms with E-state index >= 15 is 0 Å². The number of allylic oxidation sites excluding steroid dienone is 2. The molecule has 3 atom stereocenters. The van der Waals surface area contributed by atoms with Crippen molar-refractivity contribution in [1.29, 1.82) is 0 Å². The summed E-state index contributed by atoms with van der Waals surface area (Å²) in [5, 5.41) is 0. The maximum absolute atomic E-state index is 12.3. The van der Waals surface area contributed by atoms with Crippen molar-refractivity contribution >= 4 is 5.97 Å². The van der Waals surface area contributed by atoms with Crippen LogP contribution >= 0.6 is 0 Å². The van der Waals surface area contributed by atoms with Gasteiger partial charge in [-0.2, -0.15) is 0 Å². The summed E-state index contributed by atoms with van der Waals surface area (Å²) < 4.78 is 11.1. The molecule has 0 saturated carbocycles. The molecule has 126 valence electrons. The molecule has 0 amide bonds. The Balaban J connectivity index is 1.80. The predicted molar refractivity (Wildman–Crippen MR) is 91.0 cm³/mol. The minimum Gasteiger partial charge on any atom is -0.461 e. The fraction of sp³-hybridized carbons (Fsp3) is 0.650. The largest absolute Gasteiger partial charge is 0.461 e. The van der Waals surface area contributed by atoms with Crippen molar-refractivity contribution in [2.75, 3.05) is 6.61 Å². The van der Waals surface area contributed by atoms with Crippen LogP contribution in [0.3, 0.4) is 0 Å². The highest BCUT2D eigenvalue weighted by atomic mass is 16.6. The van der Waals surface area contributed by atoms with E-state index < -0.39 is 0 Å². The second-order valence-electron chi connectivity index (χ2n) is 7.70. The highest BCUT2D eigenvalue weighted by molar-refractivity contribution is 5.78. The van der Waals surface area contributed by atoms with Gasteiger partial charge in [-0.05, 0) is 58.4 Å². The van der Waals surface area contributed by atoms with Crippen molar-refractivity contribution in [2.24, 2.45) is 11.8 Å². The number of hydrogen-bond acceptors (Lipinski definition) is 3. The molecule has 23 heavy (non-hydrogen) atoms. The lowest BCUT2D eigenvalue weighted by Crippen LogP contribution is -2.35. The second-order valence-corrected chi connectivity index (χ2v) is 7.70. The van der Waals surface area contributed by atoms with Crippen LogP contribution in [0.25, 0.3) is 0 Å². The molecule has 1 unspecified atom stereocenters. The summed E-state index contributed by atoms with van der Waals surface area (Å²) >= 11 is 0. The predicted octanol–water partition coefficient (Wildman–Crippen LogP) is 4.35. The van der Waals surface area contributed by atoms with Crippen molar-refractivity contribution in [3.8, 4) is 0 Å². The quantitative estimate of drug-likeness (QED) is 0.432. The molecule has 0 aromatic rings. The summed E-state index contributed by atoms with van der Waals surface area (Å²) in [5.74, 6) is -0.00537. The SMILES string of the molecule is C=C1CCC=C(C)CC[C@@H]2C(=CCC3OC3(C)C)COC(=O)[C@@H]12. The first-order valence-corrected chi connectivity index (χ1v) is 8.75. The van der Waals surface area contributed by atoms with Gasteiger partial charge in [-0.15, -0.1) is 0 Å². The van der Waals surface area contributed by atoms with Gasteiger partial charge in [-0.3, -0.25) is 4.79 Å². The standard InChI is InChI=1S/C20H28O3/c1-13-6-5-7-14(2)18-16(10-8-13)15(12-22-19(18)21)9-11-17-20(3,4)23-17/h6,9,16-18H,2,5,7-8,10-12H2,1,3-4H3/t16-,17?,18+/m1/s1. The Labute approximate surface area is 139 Å². The number of epoxide rings is 1. The van der Waals surface area contributed by atoms with Crippen LogP contribution in [0.2, 0.25) is 0 Å². The number of ether oxygens (including phenoxy) is 2. The normalized spacial score (nSPS) is 35.5. The van der Waals surface area contributed by atoms with Crippen LogP contribution in [-0.2, 0) is 14.3 Å². The van der Waals surface area contributed by atoms with Crippen LogP contribution in [0.15, 0.2) is 35.5 Å². The highest BCUT2D eigenvalue weighted by Crippen LogP contribution is 2.41. The molecule has 0 aromatic heterocycles. The zero-order chi connectivity index (χ0) is 16.6. The fourth-order valence-electron chi connectivity index (χ4n) is 3.81. The number of fused-ring (bicyclic) bond motifs is 1. The average molecular weight is 316 g/mol. The van der Waals surface area contributed by atoms with Crippen LogP contribution in [0.1, 0.15) is 52.9 Å². The van der Waals surface area contributed by atoms with Gasteiger partial charge in [0, 0.05) is 5.92 Å². The Hall–Kier alpha value is -1.35. The molecule has 3 rings (SSSR count). The van der Waals surface area contributed by atoms with E-state index in [1.807, 2.05) is 0 Å². The molecule has 2 fully saturated rings. The first-order valence-electron chi connectivity index (χ1n) is 8.75. The summed E-state index contributed by atoms with van der Waals surface area (Å²) in [4.78, 5) is 12.3. The molecule has 1 aliphatic carbocycles. The molecule has 3 heteroatoms. The lowest BCUT2D eigenvalue weighted by atomic mass is 9.76. The maximum atomic E-state index is 12.3. The maximum Gasteiger partial charge on any atom is 0.313 e. The molecular weight excluding hydrogens is 288 g/mol. The van der Waals surface area contributed by atoms with E-state index in [1.54, 1.807) is 0 Å². The third-order valence-corrected chi connectivity index (χ3v) is 5.52. The van der Waals surface area contributed by atoms with E-state index in [1.165, 1.54) is 11.1 Å². The Morgan fingerprint density at radius 2 is 2.13 bits per heavy atom. The van der Waals surface area contributed by atoms with Crippen LogP contribution < -0.4 is 0 Å². The molecule has 2 saturated heterocycles. The highest BCUT2D eigenvalue weighted by Gasteiger charge is 2.47. The summed E-state index contributed by atoms with van der Waals surface area (Å²) in [6, 6.07) is 0. The van der Waals surface area contributed by atoms with Crippen molar-refractivity contribution in [3.63, 3.8) is 0 Å². The zero-order valence-electron chi connectivity index (χ0n) is 14.6. The molecule has 2 aliphatic heterocycles. The molecular formula is C20H28O3. The van der Waals surface area contributed by atoms with E-state index in [4.69, 9.17) is 9.47 Å². The van der Waals surface area contributed by atoms with E-state index in [9.17, 15) is 4.79 Å². The molecule has 0 bridgehead atoms. The lowest BCUT2D eigenvalue weighted by molar-refractivity contribution is -0.151. The smallest absolute Gasteiger partial charge is 0.313 e. The third kappa shape index (κ3) is 3.60. The number of carbonyl (C=O) groups excluding carboxylic acids is 1. The van der Waals surface area contributed by atoms with Crippen molar-refractivity contribution < 1.29 is 14.3 Å². The van der Waals surface area contributed by atoms with Crippen LogP contribution in [-0.4, -0.2) is 24.3 Å². The molecule has 2 heterocycles. The number of esters is 1. The summed E-state index contributed by atoms with van der Waals surface area (Å²) in [5.41, 5.74) is 3.71. The second kappa shape index (κ2) is 6.27. The lowest BCUT2D eigenvalue weighted by Gasteiger charge is -2.33. The van der Waals surface area contributed by atoms with E-state index in [0.717, 1.165) is 37.7 Å². The van der Waals surface area contributed by atoms with Gasteiger partial charge >= 0.3 is 5.97 Å². The molecule has 0 N–H and O–H groups in total. The Morgan fingerprint density at radius 3 is 2.83 bits per heavy atom. The minimum atomic E-state index is -0.164. The van der Waals surface area contributed by atoms with Gasteiger partial charge in [-0.1, -0.05) is 29.9 Å². The Morgan fingerprint density at radius 1 is 1.39 bits per heavy atom. The van der Waals surface area contributed by atoms with Crippen LogP contribution in [0.5, 0.6) is 0 Å². The van der Waals surface area contributed by atoms with Gasteiger partial charge in [0.1, 0.15) is 6.61 Å². The first kappa shape index (κ1) is 16.5. The number of hydrogen-bond donors (Lipinski definition) is 0. The Bertz CT molecular complexity index is 567. The third-order valence-electron chi connectivity index (χ3n) is 5.52. The molecule has 0 spiro atoms. The number of rotatable bonds is 2. The number of cyclic esters (lactones) is 1. The van der Waals surface area contributed by atoms with Crippen molar-refractivity contribution in [1.82, 2.24) is 0 Å². The van der Waals surface area contributed by atoms with Crippen molar-refractivity contribution in [2.45, 2.75) is 64.6 Å². The molecule has 0 radical (unpaired) electrons. The van der Waals surface area contributed by atoms with Gasteiger partial charge in [0.2, 0.25) is 0 Å². The number of carbonyl (C=O) groups is 1. The van der Waals surface area contributed by atoms with E-state index in [0.29, 0.717) is 12.7 Å². The zero-order valence-corrected chi connectivity index (χ0v) is 14.6. The Kier molecular flexibility index (Phi) is 4.50. The van der Waals surface area contributed by atoms with E-state index in [2.05, 4.69) is 39.5 Å².